The molecule has 1 saturated heterocycles. The summed E-state index contributed by atoms with van der Waals surface area (Å²) in [5.74, 6) is 0.248. The number of nitrogens with zero attached hydrogens (tertiary/aromatic N) is 5. The molecule has 0 unspecified atom stereocenters. The van der Waals surface area contributed by atoms with Gasteiger partial charge in [0.25, 0.3) is 0 Å². The first-order valence-corrected chi connectivity index (χ1v) is 14.3. The molecule has 5 aromatic rings. The number of hydrogen-bond acceptors (Lipinski definition) is 8. The van der Waals surface area contributed by atoms with Gasteiger partial charge in [-0.15, -0.1) is 0 Å². The normalized spacial score (nSPS) is 14.9. The van der Waals surface area contributed by atoms with Crippen molar-refractivity contribution in [3.63, 3.8) is 0 Å². The molecule has 0 aliphatic carbocycles. The zero-order valence-corrected chi connectivity index (χ0v) is 22.6. The van der Waals surface area contributed by atoms with Crippen LogP contribution in [0.25, 0.3) is 28.5 Å². The van der Waals surface area contributed by atoms with Gasteiger partial charge in [-0.3, -0.25) is 9.20 Å². The van der Waals surface area contributed by atoms with Crippen LogP contribution in [-0.4, -0.2) is 57.1 Å². The molecule has 3 N–H and O–H groups in total. The van der Waals surface area contributed by atoms with Gasteiger partial charge < -0.3 is 15.5 Å². The van der Waals surface area contributed by atoms with Crippen LogP contribution >= 0.6 is 11.6 Å². The summed E-state index contributed by atoms with van der Waals surface area (Å²) in [5.41, 5.74) is 8.39. The second-order valence-corrected chi connectivity index (χ2v) is 11.7. The molecular formula is C27H24ClN7O4S. The van der Waals surface area contributed by atoms with Crippen molar-refractivity contribution in [3.05, 3.63) is 83.8 Å². The number of piperidine rings is 1. The Morgan fingerprint density at radius 3 is 2.58 bits per heavy atom. The van der Waals surface area contributed by atoms with Crippen molar-refractivity contribution in [1.82, 2.24) is 23.7 Å². The fourth-order valence-corrected chi connectivity index (χ4v) is 6.45. The van der Waals surface area contributed by atoms with Crippen molar-refractivity contribution in [1.29, 1.82) is 0 Å². The van der Waals surface area contributed by atoms with E-state index in [9.17, 15) is 13.2 Å². The quantitative estimate of drug-likeness (QED) is 0.294. The van der Waals surface area contributed by atoms with Crippen LogP contribution in [0.3, 0.4) is 0 Å². The number of fused-ring (bicyclic) bond motifs is 1. The first kappa shape index (κ1) is 26.0. The number of amides is 1. The summed E-state index contributed by atoms with van der Waals surface area (Å²) in [6.07, 6.45) is 6.14. The molecule has 3 aromatic heterocycles. The fraction of sp³-hybridized carbons (Fsp3) is 0.185. The maximum absolute atomic E-state index is 13.1. The van der Waals surface area contributed by atoms with Crippen molar-refractivity contribution in [2.45, 2.75) is 23.8 Å². The number of halogens is 1. The molecule has 0 atom stereocenters. The lowest BCUT2D eigenvalue weighted by Crippen LogP contribution is -2.42. The number of carbonyl (C=O) groups excluding carboxylic acids is 1. The molecule has 204 valence electrons. The highest BCUT2D eigenvalue weighted by Crippen LogP contribution is 2.33. The number of rotatable bonds is 7. The Labute approximate surface area is 234 Å². The summed E-state index contributed by atoms with van der Waals surface area (Å²) < 4.78 is 35.0. The smallest absolute Gasteiger partial charge is 0.306 e. The standard InChI is InChI=1S/C27H24ClN7O4S/c28-19-3-1-2-18(16-19)23-24(35-14-15-39-27(35)33-23)22-8-11-30-26(32-22)31-20-9-12-34(13-10-20)40(37,38)21-6-4-17(5-7-21)25(29)36/h1-8,11,14-16,20H,9-10,12-13H2,(H2,29,36)(H,30,31,32). The number of nitrogens with one attached hydrogen (secondary N) is 1. The largest absolute Gasteiger partial charge is 0.432 e. The van der Waals surface area contributed by atoms with Crippen LogP contribution < -0.4 is 11.1 Å². The lowest BCUT2D eigenvalue weighted by atomic mass is 10.1. The van der Waals surface area contributed by atoms with Gasteiger partial charge in [-0.1, -0.05) is 23.7 Å². The molecule has 11 nitrogen and oxygen atoms in total. The number of anilines is 1. The van der Waals surface area contributed by atoms with Crippen LogP contribution in [0.5, 0.6) is 0 Å². The van der Waals surface area contributed by atoms with Gasteiger partial charge in [0.15, 0.2) is 0 Å². The van der Waals surface area contributed by atoms with E-state index in [2.05, 4.69) is 15.3 Å². The van der Waals surface area contributed by atoms with E-state index in [0.717, 1.165) is 11.3 Å². The van der Waals surface area contributed by atoms with Gasteiger partial charge >= 0.3 is 5.84 Å². The summed E-state index contributed by atoms with van der Waals surface area (Å²) in [6.45, 7) is 0.656. The molecule has 0 saturated carbocycles. The predicted molar refractivity (Wildman–Crippen MR) is 149 cm³/mol. The van der Waals surface area contributed by atoms with E-state index in [1.54, 1.807) is 30.8 Å². The number of primary amides is 1. The average molecular weight is 578 g/mol. The first-order valence-electron chi connectivity index (χ1n) is 12.5. The summed E-state index contributed by atoms with van der Waals surface area (Å²) in [5, 5.41) is 3.95. The minimum absolute atomic E-state index is 0.0225. The van der Waals surface area contributed by atoms with Crippen LogP contribution in [0.4, 0.5) is 5.95 Å². The van der Waals surface area contributed by atoms with E-state index in [-0.39, 0.29) is 16.5 Å². The third-order valence-corrected chi connectivity index (χ3v) is 8.97. The van der Waals surface area contributed by atoms with E-state index < -0.39 is 15.9 Å². The Bertz CT molecular complexity index is 1810. The summed E-state index contributed by atoms with van der Waals surface area (Å²) in [7, 11) is -3.69. The highest BCUT2D eigenvalue weighted by molar-refractivity contribution is 7.89. The number of hydrogen-bond donors (Lipinski definition) is 2. The molecule has 0 spiro atoms. The van der Waals surface area contributed by atoms with Gasteiger partial charge in [0, 0.05) is 47.7 Å². The molecule has 40 heavy (non-hydrogen) atoms. The monoisotopic (exact) mass is 577 g/mol. The van der Waals surface area contributed by atoms with Crippen LogP contribution in [-0.2, 0) is 10.0 Å². The molecule has 2 aromatic carbocycles. The van der Waals surface area contributed by atoms with Gasteiger partial charge in [-0.2, -0.15) is 9.29 Å². The van der Waals surface area contributed by atoms with Crippen molar-refractivity contribution in [2.24, 2.45) is 5.73 Å². The van der Waals surface area contributed by atoms with E-state index in [1.807, 2.05) is 22.6 Å². The number of sulfonamides is 1. The Morgan fingerprint density at radius 2 is 1.85 bits per heavy atom. The molecule has 1 fully saturated rings. The van der Waals surface area contributed by atoms with Crippen molar-refractivity contribution < 1.29 is 17.6 Å². The van der Waals surface area contributed by atoms with Gasteiger partial charge in [0.1, 0.15) is 17.7 Å². The third-order valence-electron chi connectivity index (χ3n) is 6.82. The van der Waals surface area contributed by atoms with Crippen molar-refractivity contribution in [3.8, 4) is 22.6 Å². The van der Waals surface area contributed by atoms with Gasteiger partial charge in [-0.05, 0) is 55.3 Å². The Kier molecular flexibility index (Phi) is 6.74. The summed E-state index contributed by atoms with van der Waals surface area (Å²) >= 11 is 6.24. The van der Waals surface area contributed by atoms with Crippen LogP contribution in [0.15, 0.2) is 82.6 Å². The SMILES string of the molecule is NC(=O)c1ccc(S(=O)(=O)N2CCC(Nc3nccc(-c4c(-c5cccc(Cl)c5)nc5occn45)n3)CC2)cc1. The highest BCUT2D eigenvalue weighted by Gasteiger charge is 2.30. The lowest BCUT2D eigenvalue weighted by Gasteiger charge is -2.31. The highest BCUT2D eigenvalue weighted by atomic mass is 35.5. The van der Waals surface area contributed by atoms with Gasteiger partial charge in [-0.25, -0.2) is 18.4 Å². The van der Waals surface area contributed by atoms with Crippen LogP contribution in [0, 0.1) is 0 Å². The van der Waals surface area contributed by atoms with Crippen molar-refractivity contribution >= 4 is 39.3 Å². The number of carbonyl (C=O) groups is 1. The second-order valence-electron chi connectivity index (χ2n) is 9.35. The van der Waals surface area contributed by atoms with Crippen molar-refractivity contribution in [2.75, 3.05) is 18.4 Å². The molecule has 1 amide bonds. The van der Waals surface area contributed by atoms with E-state index >= 15 is 0 Å². The maximum atomic E-state index is 13.1. The molecule has 1 aliphatic rings. The number of nitrogens with two attached hydrogens (primary N) is 1. The van der Waals surface area contributed by atoms with E-state index in [0.29, 0.717) is 54.1 Å². The number of imidazole rings is 1. The maximum Gasteiger partial charge on any atom is 0.306 e. The third kappa shape index (κ3) is 4.92. The number of aromatic nitrogens is 4. The summed E-state index contributed by atoms with van der Waals surface area (Å²) in [4.78, 5) is 25.2. The predicted octanol–water partition coefficient (Wildman–Crippen LogP) is 4.07. The molecule has 0 radical (unpaired) electrons. The minimum atomic E-state index is -3.69. The number of oxazole rings is 1. The molecule has 4 heterocycles. The lowest BCUT2D eigenvalue weighted by molar-refractivity contribution is 0.1000. The molecule has 0 bridgehead atoms. The second kappa shape index (κ2) is 10.4. The molecular weight excluding hydrogens is 554 g/mol. The topological polar surface area (TPSA) is 149 Å². The summed E-state index contributed by atoms with van der Waals surface area (Å²) in [6, 6.07) is 14.8. The fourth-order valence-electron chi connectivity index (χ4n) is 4.79. The van der Waals surface area contributed by atoms with Gasteiger partial charge in [0.05, 0.1) is 10.6 Å². The first-order chi connectivity index (χ1) is 19.3. The average Bonchev–Trinajstić information content (AvgIpc) is 3.55. The molecule has 6 rings (SSSR count). The number of benzene rings is 2. The van der Waals surface area contributed by atoms with Gasteiger partial charge in [0.2, 0.25) is 21.9 Å². The molecule has 13 heteroatoms. The Morgan fingerprint density at radius 1 is 1.07 bits per heavy atom. The van der Waals surface area contributed by atoms with E-state index in [4.69, 9.17) is 26.7 Å². The zero-order valence-electron chi connectivity index (χ0n) is 21.1. The Hall–Kier alpha value is -4.26. The van der Waals surface area contributed by atoms with E-state index in [1.165, 1.54) is 28.6 Å². The molecule has 1 aliphatic heterocycles. The van der Waals surface area contributed by atoms with Crippen LogP contribution in [0.2, 0.25) is 5.02 Å². The Balaban J connectivity index is 1.19. The minimum Gasteiger partial charge on any atom is -0.432 e. The zero-order chi connectivity index (χ0) is 27.9. The van der Waals surface area contributed by atoms with Crippen LogP contribution in [0.1, 0.15) is 23.2 Å².